The lowest BCUT2D eigenvalue weighted by molar-refractivity contribution is 0.112. The van der Waals surface area contributed by atoms with Crippen LogP contribution in [0.4, 0.5) is 0 Å². The molecule has 0 N–H and O–H groups in total. The van der Waals surface area contributed by atoms with Crippen LogP contribution in [-0.2, 0) is 0 Å². The smallest absolute Gasteiger partial charge is 0.153 e. The zero-order valence-electron chi connectivity index (χ0n) is 10.8. The van der Waals surface area contributed by atoms with Crippen LogP contribution in [0.2, 0.25) is 0 Å². The van der Waals surface area contributed by atoms with Crippen molar-refractivity contribution in [1.82, 2.24) is 9.78 Å². The third kappa shape index (κ3) is 2.14. The minimum Gasteiger partial charge on any atom is -0.496 e. The van der Waals surface area contributed by atoms with Gasteiger partial charge < -0.3 is 4.74 Å². The second-order valence-electron chi connectivity index (χ2n) is 4.33. The molecular weight excluding hydrogens is 228 g/mol. The van der Waals surface area contributed by atoms with Crippen molar-refractivity contribution in [2.75, 3.05) is 7.11 Å². The largest absolute Gasteiger partial charge is 0.496 e. The number of carbonyl (C=O) groups is 1. The van der Waals surface area contributed by atoms with Crippen molar-refractivity contribution in [3.63, 3.8) is 0 Å². The predicted molar refractivity (Wildman–Crippen MR) is 70.0 cm³/mol. The van der Waals surface area contributed by atoms with Crippen molar-refractivity contribution in [3.05, 3.63) is 36.0 Å². The lowest BCUT2D eigenvalue weighted by Gasteiger charge is -2.12. The molecule has 0 bridgehead atoms. The predicted octanol–water partition coefficient (Wildman–Crippen LogP) is 2.95. The van der Waals surface area contributed by atoms with Crippen LogP contribution in [0.15, 0.2) is 30.5 Å². The van der Waals surface area contributed by atoms with Gasteiger partial charge in [-0.05, 0) is 38.1 Å². The molecule has 0 aliphatic carbocycles. The van der Waals surface area contributed by atoms with Crippen molar-refractivity contribution in [1.29, 1.82) is 0 Å². The summed E-state index contributed by atoms with van der Waals surface area (Å²) in [6.07, 6.45) is 2.57. The van der Waals surface area contributed by atoms with Gasteiger partial charge in [-0.15, -0.1) is 0 Å². The maximum atomic E-state index is 11.0. The lowest BCUT2D eigenvalue weighted by Crippen LogP contribution is -2.04. The van der Waals surface area contributed by atoms with E-state index in [2.05, 4.69) is 18.9 Å². The Balaban J connectivity index is 2.51. The SMILES string of the molecule is COc1ccc(-c2ccnn2C(C)C)cc1C=O. The highest BCUT2D eigenvalue weighted by atomic mass is 16.5. The molecule has 0 radical (unpaired) electrons. The zero-order chi connectivity index (χ0) is 13.1. The van der Waals surface area contributed by atoms with Crippen LogP contribution in [0, 0.1) is 0 Å². The summed E-state index contributed by atoms with van der Waals surface area (Å²) < 4.78 is 7.06. The van der Waals surface area contributed by atoms with E-state index in [0.29, 0.717) is 11.3 Å². The summed E-state index contributed by atoms with van der Waals surface area (Å²) in [5, 5.41) is 4.29. The Labute approximate surface area is 106 Å². The number of hydrogen-bond acceptors (Lipinski definition) is 3. The van der Waals surface area contributed by atoms with Crippen LogP contribution < -0.4 is 4.74 Å². The van der Waals surface area contributed by atoms with E-state index >= 15 is 0 Å². The normalized spacial score (nSPS) is 10.7. The fourth-order valence-electron chi connectivity index (χ4n) is 1.94. The highest BCUT2D eigenvalue weighted by Gasteiger charge is 2.10. The van der Waals surface area contributed by atoms with Crippen molar-refractivity contribution in [3.8, 4) is 17.0 Å². The van der Waals surface area contributed by atoms with Gasteiger partial charge in [-0.2, -0.15) is 5.10 Å². The molecule has 0 atom stereocenters. The molecule has 4 heteroatoms. The second-order valence-corrected chi connectivity index (χ2v) is 4.33. The molecule has 1 heterocycles. The minimum absolute atomic E-state index is 0.275. The van der Waals surface area contributed by atoms with Crippen molar-refractivity contribution in [2.24, 2.45) is 0 Å². The first-order valence-electron chi connectivity index (χ1n) is 5.84. The molecule has 1 aromatic carbocycles. The third-order valence-corrected chi connectivity index (χ3v) is 2.81. The number of ether oxygens (including phenoxy) is 1. The Hall–Kier alpha value is -2.10. The molecule has 0 spiro atoms. The van der Waals surface area contributed by atoms with Gasteiger partial charge >= 0.3 is 0 Å². The first kappa shape index (κ1) is 12.4. The molecule has 0 saturated carbocycles. The number of hydrogen-bond donors (Lipinski definition) is 0. The van der Waals surface area contributed by atoms with Gasteiger partial charge in [-0.1, -0.05) is 0 Å². The number of aromatic nitrogens is 2. The van der Waals surface area contributed by atoms with E-state index in [4.69, 9.17) is 4.74 Å². The van der Waals surface area contributed by atoms with Gasteiger partial charge in [0.05, 0.1) is 18.4 Å². The lowest BCUT2D eigenvalue weighted by atomic mass is 10.1. The highest BCUT2D eigenvalue weighted by molar-refractivity contribution is 5.82. The van der Waals surface area contributed by atoms with Crippen molar-refractivity contribution in [2.45, 2.75) is 19.9 Å². The average Bonchev–Trinajstić information content (AvgIpc) is 2.87. The van der Waals surface area contributed by atoms with E-state index < -0.39 is 0 Å². The second kappa shape index (κ2) is 5.04. The van der Waals surface area contributed by atoms with Gasteiger partial charge in [0, 0.05) is 17.8 Å². The van der Waals surface area contributed by atoms with Crippen LogP contribution in [0.25, 0.3) is 11.3 Å². The minimum atomic E-state index is 0.275. The average molecular weight is 244 g/mol. The summed E-state index contributed by atoms with van der Waals surface area (Å²) in [7, 11) is 1.56. The Kier molecular flexibility index (Phi) is 3.46. The Morgan fingerprint density at radius 1 is 1.33 bits per heavy atom. The van der Waals surface area contributed by atoms with E-state index in [0.717, 1.165) is 17.5 Å². The fourth-order valence-corrected chi connectivity index (χ4v) is 1.94. The van der Waals surface area contributed by atoms with E-state index in [1.165, 1.54) is 0 Å². The molecule has 94 valence electrons. The maximum absolute atomic E-state index is 11.0. The van der Waals surface area contributed by atoms with Gasteiger partial charge in [0.25, 0.3) is 0 Å². The number of rotatable bonds is 4. The van der Waals surface area contributed by atoms with Crippen LogP contribution in [-0.4, -0.2) is 23.2 Å². The molecule has 4 nitrogen and oxygen atoms in total. The molecule has 18 heavy (non-hydrogen) atoms. The Morgan fingerprint density at radius 3 is 2.72 bits per heavy atom. The molecule has 0 aliphatic rings. The van der Waals surface area contributed by atoms with Crippen LogP contribution in [0.1, 0.15) is 30.2 Å². The standard InChI is InChI=1S/C14H16N2O2/c1-10(2)16-13(6-7-15-16)11-4-5-14(18-3)12(8-11)9-17/h4-10H,1-3H3. The van der Waals surface area contributed by atoms with Crippen LogP contribution in [0.3, 0.4) is 0 Å². The maximum Gasteiger partial charge on any atom is 0.153 e. The molecule has 1 aromatic heterocycles. The molecular formula is C14H16N2O2. The third-order valence-electron chi connectivity index (χ3n) is 2.81. The summed E-state index contributed by atoms with van der Waals surface area (Å²) in [5.74, 6) is 0.587. The molecule has 0 saturated heterocycles. The quantitative estimate of drug-likeness (QED) is 0.777. The first-order valence-corrected chi connectivity index (χ1v) is 5.84. The summed E-state index contributed by atoms with van der Waals surface area (Å²) in [4.78, 5) is 11.0. The molecule has 0 aliphatic heterocycles. The number of aldehydes is 1. The molecule has 2 aromatic rings. The number of nitrogens with zero attached hydrogens (tertiary/aromatic N) is 2. The molecule has 2 rings (SSSR count). The van der Waals surface area contributed by atoms with E-state index in [1.807, 2.05) is 22.9 Å². The topological polar surface area (TPSA) is 44.1 Å². The van der Waals surface area contributed by atoms with Gasteiger partial charge in [0.1, 0.15) is 5.75 Å². The highest BCUT2D eigenvalue weighted by Crippen LogP contribution is 2.26. The number of carbonyl (C=O) groups excluding carboxylic acids is 1. The van der Waals surface area contributed by atoms with Gasteiger partial charge in [0.15, 0.2) is 6.29 Å². The van der Waals surface area contributed by atoms with E-state index in [9.17, 15) is 4.79 Å². The van der Waals surface area contributed by atoms with Gasteiger partial charge in [-0.25, -0.2) is 0 Å². The van der Waals surface area contributed by atoms with Crippen LogP contribution >= 0.6 is 0 Å². The molecule has 0 amide bonds. The summed E-state index contributed by atoms with van der Waals surface area (Å²) in [6, 6.07) is 7.77. The Morgan fingerprint density at radius 2 is 2.11 bits per heavy atom. The summed E-state index contributed by atoms with van der Waals surface area (Å²) in [6.45, 7) is 4.14. The zero-order valence-corrected chi connectivity index (χ0v) is 10.8. The molecule has 0 fully saturated rings. The van der Waals surface area contributed by atoms with Crippen molar-refractivity contribution >= 4 is 6.29 Å². The monoisotopic (exact) mass is 244 g/mol. The summed E-state index contributed by atoms with van der Waals surface area (Å²) in [5.41, 5.74) is 2.51. The van der Waals surface area contributed by atoms with Gasteiger partial charge in [-0.3, -0.25) is 9.48 Å². The first-order chi connectivity index (χ1) is 8.67. The Bertz CT molecular complexity index is 559. The summed E-state index contributed by atoms with van der Waals surface area (Å²) >= 11 is 0. The number of methoxy groups -OCH3 is 1. The fraction of sp³-hybridized carbons (Fsp3) is 0.286. The van der Waals surface area contributed by atoms with Crippen LogP contribution in [0.5, 0.6) is 5.75 Å². The number of benzene rings is 1. The molecule has 0 unspecified atom stereocenters. The van der Waals surface area contributed by atoms with Gasteiger partial charge in [0.2, 0.25) is 0 Å². The van der Waals surface area contributed by atoms with E-state index in [1.54, 1.807) is 19.4 Å². The van der Waals surface area contributed by atoms with Crippen molar-refractivity contribution < 1.29 is 9.53 Å². The van der Waals surface area contributed by atoms with E-state index in [-0.39, 0.29) is 6.04 Å².